The largest absolute Gasteiger partial charge is 0.469 e. The minimum absolute atomic E-state index is 0.113. The van der Waals surface area contributed by atoms with Crippen LogP contribution in [0, 0.1) is 0 Å². The minimum Gasteiger partial charge on any atom is -0.351 e. The van der Waals surface area contributed by atoms with Crippen molar-refractivity contribution in [3.05, 3.63) is 72.3 Å². The van der Waals surface area contributed by atoms with Gasteiger partial charge < -0.3 is 15.1 Å². The van der Waals surface area contributed by atoms with Crippen molar-refractivity contribution >= 4 is 13.7 Å². The number of nitrogens with one attached hydrogen (secondary N) is 1. The zero-order valence-electron chi connectivity index (χ0n) is 24.3. The van der Waals surface area contributed by atoms with E-state index >= 15 is 0 Å². The fourth-order valence-electron chi connectivity index (χ4n) is 4.74. The van der Waals surface area contributed by atoms with Crippen LogP contribution in [0.1, 0.15) is 102 Å². The Balaban J connectivity index is 1.64. The summed E-state index contributed by atoms with van der Waals surface area (Å²) in [6, 6.07) is 17.5. The molecule has 0 fully saturated rings. The zero-order valence-corrected chi connectivity index (χ0v) is 25.2. The van der Waals surface area contributed by atoms with E-state index in [0.717, 1.165) is 42.4 Å². The fraction of sp³-hybridized carbons (Fsp3) is 0.545. The highest BCUT2D eigenvalue weighted by Crippen LogP contribution is 2.35. The third kappa shape index (κ3) is 16.8. The Morgan fingerprint density at radius 2 is 1.35 bits per heavy atom. The quantitative estimate of drug-likeness (QED) is 0.0748. The molecule has 2 aromatic rings. The van der Waals surface area contributed by atoms with Gasteiger partial charge in [-0.05, 0) is 55.2 Å². The molecular formula is C33H50NO5P. The number of hydrogen-bond acceptors (Lipinski definition) is 3. The van der Waals surface area contributed by atoms with E-state index in [9.17, 15) is 9.36 Å². The van der Waals surface area contributed by atoms with Crippen LogP contribution in [0.25, 0.3) is 11.1 Å². The summed E-state index contributed by atoms with van der Waals surface area (Å²) in [5, 5.41) is 2.92. The lowest BCUT2D eigenvalue weighted by atomic mass is 10.0. The lowest BCUT2D eigenvalue weighted by Crippen LogP contribution is -2.39. The molecular weight excluding hydrogens is 521 g/mol. The lowest BCUT2D eigenvalue weighted by Gasteiger charge is -2.19. The maximum absolute atomic E-state index is 12.6. The van der Waals surface area contributed by atoms with Crippen LogP contribution in [0.3, 0.4) is 0 Å². The van der Waals surface area contributed by atoms with Crippen molar-refractivity contribution in [2.75, 3.05) is 6.61 Å². The van der Waals surface area contributed by atoms with E-state index in [2.05, 4.69) is 24.4 Å². The highest BCUT2D eigenvalue weighted by atomic mass is 31.2. The summed E-state index contributed by atoms with van der Waals surface area (Å²) < 4.78 is 16.0. The van der Waals surface area contributed by atoms with E-state index in [0.29, 0.717) is 12.8 Å². The number of rotatable bonds is 22. The molecule has 0 aliphatic rings. The molecule has 3 N–H and O–H groups in total. The molecule has 0 spiro atoms. The second-order valence-electron chi connectivity index (χ2n) is 10.7. The van der Waals surface area contributed by atoms with Gasteiger partial charge in [0, 0.05) is 6.42 Å². The molecule has 1 amide bonds. The van der Waals surface area contributed by atoms with Crippen LogP contribution < -0.4 is 5.32 Å². The van der Waals surface area contributed by atoms with Crippen molar-refractivity contribution < 1.29 is 23.7 Å². The average molecular weight is 572 g/mol. The smallest absolute Gasteiger partial charge is 0.351 e. The first kappa shape index (κ1) is 34.0. The third-order valence-electron chi connectivity index (χ3n) is 7.02. The van der Waals surface area contributed by atoms with Gasteiger partial charge in [-0.2, -0.15) is 0 Å². The summed E-state index contributed by atoms with van der Waals surface area (Å²) >= 11 is 0. The topological polar surface area (TPSA) is 95.9 Å². The number of unbranched alkanes of at least 4 members (excludes halogenated alkanes) is 11. The van der Waals surface area contributed by atoms with Crippen molar-refractivity contribution in [1.29, 1.82) is 0 Å². The number of benzene rings is 2. The summed E-state index contributed by atoms with van der Waals surface area (Å²) in [5.41, 5.74) is 3.16. The molecule has 0 aliphatic heterocycles. The van der Waals surface area contributed by atoms with Crippen molar-refractivity contribution in [2.45, 2.75) is 109 Å². The van der Waals surface area contributed by atoms with Gasteiger partial charge in [-0.25, -0.2) is 4.57 Å². The normalized spacial score (nSPS) is 12.6. The fourth-order valence-corrected chi connectivity index (χ4v) is 5.12. The van der Waals surface area contributed by atoms with Crippen LogP contribution in [-0.2, 0) is 20.3 Å². The Morgan fingerprint density at radius 3 is 1.95 bits per heavy atom. The Kier molecular flexibility index (Phi) is 17.5. The summed E-state index contributed by atoms with van der Waals surface area (Å²) in [7, 11) is -4.63. The van der Waals surface area contributed by atoms with Crippen molar-refractivity contribution in [2.24, 2.45) is 0 Å². The summed E-state index contributed by atoms with van der Waals surface area (Å²) in [6.45, 7) is 2.00. The van der Waals surface area contributed by atoms with Crippen molar-refractivity contribution in [3.8, 4) is 11.1 Å². The molecule has 0 heterocycles. The highest BCUT2D eigenvalue weighted by Gasteiger charge is 2.20. The molecule has 0 saturated heterocycles. The van der Waals surface area contributed by atoms with E-state index in [1.165, 1.54) is 57.8 Å². The lowest BCUT2D eigenvalue weighted by molar-refractivity contribution is -0.122. The van der Waals surface area contributed by atoms with Crippen molar-refractivity contribution in [1.82, 2.24) is 5.32 Å². The Labute approximate surface area is 241 Å². The summed E-state index contributed by atoms with van der Waals surface area (Å²) in [6.07, 6.45) is 21.1. The number of hydrogen-bond donors (Lipinski definition) is 3. The monoisotopic (exact) mass is 571 g/mol. The summed E-state index contributed by atoms with van der Waals surface area (Å²) in [4.78, 5) is 30.9. The second-order valence-corrected chi connectivity index (χ2v) is 11.9. The maximum Gasteiger partial charge on any atom is 0.469 e. The van der Waals surface area contributed by atoms with Crippen LogP contribution in [0.5, 0.6) is 0 Å². The molecule has 0 aromatic heterocycles. The number of carbonyl (C=O) groups is 1. The molecule has 6 nitrogen and oxygen atoms in total. The van der Waals surface area contributed by atoms with Crippen LogP contribution in [0.4, 0.5) is 0 Å². The second kappa shape index (κ2) is 20.6. The highest BCUT2D eigenvalue weighted by molar-refractivity contribution is 7.46. The van der Waals surface area contributed by atoms with Crippen LogP contribution in [0.15, 0.2) is 66.7 Å². The van der Waals surface area contributed by atoms with Crippen LogP contribution in [0.2, 0.25) is 0 Å². The molecule has 0 bridgehead atoms. The molecule has 0 aliphatic carbocycles. The zero-order chi connectivity index (χ0) is 28.9. The number of phosphoric ester groups is 1. The van der Waals surface area contributed by atoms with Gasteiger partial charge in [0.05, 0.1) is 12.6 Å². The molecule has 1 atom stereocenters. The standard InChI is InChI=1S/C33H50NO5P/c1-2-3-4-5-6-7-8-9-10-11-12-13-14-15-19-22-33(35)34-32(28-39-40(36,37)38)27-29-23-25-31(26-24-29)30-20-17-16-18-21-30/h9-10,16-18,20-21,23-26,32H,2-8,11-15,19,22,27-28H2,1H3,(H,34,35)(H2,36,37,38)/b10-9-/t32-/m0/s1. The van der Waals surface area contributed by atoms with Gasteiger partial charge >= 0.3 is 7.82 Å². The molecule has 2 aromatic carbocycles. The Hall–Kier alpha value is -2.24. The van der Waals surface area contributed by atoms with E-state index in [1.54, 1.807) is 0 Å². The average Bonchev–Trinajstić information content (AvgIpc) is 2.94. The Morgan fingerprint density at radius 1 is 0.800 bits per heavy atom. The number of allylic oxidation sites excluding steroid dienone is 2. The van der Waals surface area contributed by atoms with Crippen LogP contribution >= 0.6 is 7.82 Å². The molecule has 0 saturated carbocycles. The SMILES string of the molecule is CCCCCCCC/C=C\CCCCCCCC(=O)N[C@H](COP(=O)(O)O)Cc1ccc(-c2ccccc2)cc1. The first-order valence-corrected chi connectivity index (χ1v) is 16.7. The molecule has 40 heavy (non-hydrogen) atoms. The Bertz CT molecular complexity index is 1000. The van der Waals surface area contributed by atoms with Gasteiger partial charge in [0.25, 0.3) is 0 Å². The van der Waals surface area contributed by atoms with Crippen LogP contribution in [-0.4, -0.2) is 28.3 Å². The van der Waals surface area contributed by atoms with E-state index in [1.807, 2.05) is 54.6 Å². The van der Waals surface area contributed by atoms with E-state index in [-0.39, 0.29) is 12.5 Å². The number of phosphoric acid groups is 1. The summed E-state index contributed by atoms with van der Waals surface area (Å²) in [5.74, 6) is -0.113. The predicted octanol–water partition coefficient (Wildman–Crippen LogP) is 8.53. The molecule has 222 valence electrons. The number of carbonyl (C=O) groups excluding carboxylic acids is 1. The first-order valence-electron chi connectivity index (χ1n) is 15.2. The molecule has 7 heteroatoms. The van der Waals surface area contributed by atoms with Gasteiger partial charge in [0.1, 0.15) is 0 Å². The predicted molar refractivity (Wildman–Crippen MR) is 165 cm³/mol. The maximum atomic E-state index is 12.6. The van der Waals surface area contributed by atoms with Gasteiger partial charge in [-0.15, -0.1) is 0 Å². The van der Waals surface area contributed by atoms with Gasteiger partial charge in [0.15, 0.2) is 0 Å². The molecule has 0 radical (unpaired) electrons. The first-order chi connectivity index (χ1) is 19.4. The van der Waals surface area contributed by atoms with Crippen molar-refractivity contribution in [3.63, 3.8) is 0 Å². The molecule has 2 rings (SSSR count). The van der Waals surface area contributed by atoms with Gasteiger partial charge in [0.2, 0.25) is 5.91 Å². The third-order valence-corrected chi connectivity index (χ3v) is 7.50. The van der Waals surface area contributed by atoms with Gasteiger partial charge in [-0.1, -0.05) is 125 Å². The van der Waals surface area contributed by atoms with E-state index in [4.69, 9.17) is 14.3 Å². The number of amides is 1. The minimum atomic E-state index is -4.63. The van der Waals surface area contributed by atoms with E-state index < -0.39 is 13.9 Å². The van der Waals surface area contributed by atoms with Gasteiger partial charge in [-0.3, -0.25) is 9.32 Å². The molecule has 0 unspecified atom stereocenters.